The Morgan fingerprint density at radius 3 is 2.81 bits per heavy atom. The first-order chi connectivity index (χ1) is 7.70. The highest BCUT2D eigenvalue weighted by atomic mass is 32.1. The Labute approximate surface area is 102 Å². The van der Waals surface area contributed by atoms with Crippen LogP contribution in [0.25, 0.3) is 0 Å². The van der Waals surface area contributed by atoms with Gasteiger partial charge in [0.1, 0.15) is 0 Å². The molecule has 0 aliphatic heterocycles. The lowest BCUT2D eigenvalue weighted by Crippen LogP contribution is -2.42. The van der Waals surface area contributed by atoms with Gasteiger partial charge in [-0.1, -0.05) is 20.3 Å². The Bertz CT molecular complexity index is 302. The van der Waals surface area contributed by atoms with Crippen LogP contribution in [-0.4, -0.2) is 18.1 Å². The van der Waals surface area contributed by atoms with Crippen molar-refractivity contribution in [3.63, 3.8) is 0 Å². The van der Waals surface area contributed by atoms with Gasteiger partial charge < -0.3 is 5.32 Å². The fraction of sp³-hybridized carbons (Fsp3) is 0.769. The largest absolute Gasteiger partial charge is 0.316 e. The van der Waals surface area contributed by atoms with Crippen molar-refractivity contribution in [2.45, 2.75) is 39.5 Å². The van der Waals surface area contributed by atoms with E-state index in [2.05, 4.69) is 29.5 Å². The van der Waals surface area contributed by atoms with Crippen LogP contribution in [0, 0.1) is 11.3 Å². The van der Waals surface area contributed by atoms with Crippen LogP contribution < -0.4 is 5.32 Å². The molecule has 1 N–H and O–H groups in total. The fourth-order valence-electron chi connectivity index (χ4n) is 2.43. The molecule has 0 spiro atoms. The van der Waals surface area contributed by atoms with Crippen molar-refractivity contribution in [3.8, 4) is 0 Å². The normalized spacial score (nSPS) is 18.7. The molecule has 1 aliphatic rings. The van der Waals surface area contributed by atoms with Crippen LogP contribution in [0.15, 0.2) is 10.9 Å². The molecule has 1 fully saturated rings. The summed E-state index contributed by atoms with van der Waals surface area (Å²) in [6.07, 6.45) is 5.31. The third kappa shape index (κ3) is 3.05. The summed E-state index contributed by atoms with van der Waals surface area (Å²) in [5.41, 5.74) is 3.75. The number of aromatic nitrogens is 1. The average molecular weight is 238 g/mol. The van der Waals surface area contributed by atoms with E-state index in [1.54, 1.807) is 11.3 Å². The molecule has 1 heterocycles. The monoisotopic (exact) mass is 238 g/mol. The van der Waals surface area contributed by atoms with Crippen LogP contribution in [0.1, 0.15) is 38.8 Å². The second-order valence-corrected chi connectivity index (χ2v) is 6.25. The molecule has 2 nitrogen and oxygen atoms in total. The van der Waals surface area contributed by atoms with Gasteiger partial charge in [-0.15, -0.1) is 11.3 Å². The molecule has 3 heteroatoms. The highest BCUT2D eigenvalue weighted by Gasteiger charge is 2.36. The summed E-state index contributed by atoms with van der Waals surface area (Å²) >= 11 is 1.71. The highest BCUT2D eigenvalue weighted by Crippen LogP contribution is 2.43. The standard InChI is InChI=1S/C13H22N2S/c1-11(2)7-14-9-13(4-3-5-13)6-12-8-16-10-15-12/h8,10-11,14H,3-7,9H2,1-2H3. The van der Waals surface area contributed by atoms with Crippen molar-refractivity contribution in [2.24, 2.45) is 11.3 Å². The molecule has 1 aliphatic carbocycles. The summed E-state index contributed by atoms with van der Waals surface area (Å²) < 4.78 is 0. The summed E-state index contributed by atoms with van der Waals surface area (Å²) in [6.45, 7) is 6.84. The zero-order valence-electron chi connectivity index (χ0n) is 10.3. The van der Waals surface area contributed by atoms with Gasteiger partial charge in [-0.25, -0.2) is 4.98 Å². The van der Waals surface area contributed by atoms with Crippen molar-refractivity contribution >= 4 is 11.3 Å². The van der Waals surface area contributed by atoms with Crippen molar-refractivity contribution in [1.82, 2.24) is 10.3 Å². The van der Waals surface area contributed by atoms with Crippen LogP contribution in [0.2, 0.25) is 0 Å². The number of thiazole rings is 1. The molecule has 0 aromatic carbocycles. The van der Waals surface area contributed by atoms with Gasteiger partial charge in [0, 0.05) is 11.9 Å². The van der Waals surface area contributed by atoms with Gasteiger partial charge in [-0.05, 0) is 37.1 Å². The summed E-state index contributed by atoms with van der Waals surface area (Å²) in [5, 5.41) is 5.81. The Hall–Kier alpha value is -0.410. The molecule has 1 aromatic heterocycles. The van der Waals surface area contributed by atoms with Gasteiger partial charge in [-0.2, -0.15) is 0 Å². The number of nitrogens with zero attached hydrogens (tertiary/aromatic N) is 1. The first-order valence-corrected chi connectivity index (χ1v) is 7.22. The fourth-order valence-corrected chi connectivity index (χ4v) is 2.99. The summed E-state index contributed by atoms with van der Waals surface area (Å²) in [6, 6.07) is 0. The maximum absolute atomic E-state index is 4.42. The molecule has 0 amide bonds. The Kier molecular flexibility index (Phi) is 3.98. The molecule has 0 unspecified atom stereocenters. The van der Waals surface area contributed by atoms with Gasteiger partial charge in [0.25, 0.3) is 0 Å². The predicted octanol–water partition coefficient (Wildman–Crippen LogP) is 3.10. The molecule has 0 bridgehead atoms. The Morgan fingerprint density at radius 2 is 2.31 bits per heavy atom. The SMILES string of the molecule is CC(C)CNCC1(Cc2cscn2)CCC1. The average Bonchev–Trinajstić information content (AvgIpc) is 2.65. The van der Waals surface area contributed by atoms with E-state index in [1.807, 2.05) is 5.51 Å². The zero-order chi connectivity index (χ0) is 11.4. The number of hydrogen-bond acceptors (Lipinski definition) is 3. The molecule has 2 rings (SSSR count). The molecule has 1 aromatic rings. The smallest absolute Gasteiger partial charge is 0.0794 e. The third-order valence-electron chi connectivity index (χ3n) is 3.51. The van der Waals surface area contributed by atoms with Crippen LogP contribution in [0.5, 0.6) is 0 Å². The van der Waals surface area contributed by atoms with E-state index in [0.717, 1.165) is 12.5 Å². The topological polar surface area (TPSA) is 24.9 Å². The van der Waals surface area contributed by atoms with E-state index >= 15 is 0 Å². The van der Waals surface area contributed by atoms with E-state index in [-0.39, 0.29) is 0 Å². The molecular weight excluding hydrogens is 216 g/mol. The van der Waals surface area contributed by atoms with Crippen molar-refractivity contribution in [1.29, 1.82) is 0 Å². The minimum Gasteiger partial charge on any atom is -0.316 e. The van der Waals surface area contributed by atoms with Crippen molar-refractivity contribution in [2.75, 3.05) is 13.1 Å². The van der Waals surface area contributed by atoms with E-state index < -0.39 is 0 Å². The number of rotatable bonds is 6. The summed E-state index contributed by atoms with van der Waals surface area (Å²) in [4.78, 5) is 4.42. The van der Waals surface area contributed by atoms with E-state index in [0.29, 0.717) is 5.41 Å². The summed E-state index contributed by atoms with van der Waals surface area (Å²) in [7, 11) is 0. The van der Waals surface area contributed by atoms with Crippen molar-refractivity contribution in [3.05, 3.63) is 16.6 Å². The molecule has 1 saturated carbocycles. The second kappa shape index (κ2) is 5.28. The Balaban J connectivity index is 1.82. The first-order valence-electron chi connectivity index (χ1n) is 6.28. The maximum atomic E-state index is 4.42. The van der Waals surface area contributed by atoms with Gasteiger partial charge in [-0.3, -0.25) is 0 Å². The molecule has 0 radical (unpaired) electrons. The minimum absolute atomic E-state index is 0.517. The Morgan fingerprint density at radius 1 is 1.50 bits per heavy atom. The highest BCUT2D eigenvalue weighted by molar-refractivity contribution is 7.07. The van der Waals surface area contributed by atoms with Crippen LogP contribution in [0.3, 0.4) is 0 Å². The number of hydrogen-bond donors (Lipinski definition) is 1. The lowest BCUT2D eigenvalue weighted by Gasteiger charge is -2.42. The molecular formula is C13H22N2S. The molecule has 90 valence electrons. The van der Waals surface area contributed by atoms with Gasteiger partial charge in [0.05, 0.1) is 11.2 Å². The lowest BCUT2D eigenvalue weighted by molar-refractivity contribution is 0.127. The van der Waals surface area contributed by atoms with Crippen LogP contribution in [-0.2, 0) is 6.42 Å². The quantitative estimate of drug-likeness (QED) is 0.823. The maximum Gasteiger partial charge on any atom is 0.0794 e. The lowest BCUT2D eigenvalue weighted by atomic mass is 9.66. The number of nitrogens with one attached hydrogen (secondary N) is 1. The van der Waals surface area contributed by atoms with Gasteiger partial charge >= 0.3 is 0 Å². The van der Waals surface area contributed by atoms with Crippen LogP contribution >= 0.6 is 11.3 Å². The van der Waals surface area contributed by atoms with Crippen LogP contribution in [0.4, 0.5) is 0 Å². The molecule has 0 atom stereocenters. The summed E-state index contributed by atoms with van der Waals surface area (Å²) in [5.74, 6) is 0.747. The third-order valence-corrected chi connectivity index (χ3v) is 4.14. The van der Waals surface area contributed by atoms with Gasteiger partial charge in [0.2, 0.25) is 0 Å². The molecule has 16 heavy (non-hydrogen) atoms. The van der Waals surface area contributed by atoms with Gasteiger partial charge in [0.15, 0.2) is 0 Å². The first kappa shape index (κ1) is 12.1. The second-order valence-electron chi connectivity index (χ2n) is 5.53. The van der Waals surface area contributed by atoms with E-state index in [9.17, 15) is 0 Å². The zero-order valence-corrected chi connectivity index (χ0v) is 11.1. The van der Waals surface area contributed by atoms with Crippen molar-refractivity contribution < 1.29 is 0 Å². The van der Waals surface area contributed by atoms with E-state index in [1.165, 1.54) is 37.9 Å². The molecule has 0 saturated heterocycles. The van der Waals surface area contributed by atoms with E-state index in [4.69, 9.17) is 0 Å². The predicted molar refractivity (Wildman–Crippen MR) is 69.8 cm³/mol. The minimum atomic E-state index is 0.517.